The van der Waals surface area contributed by atoms with Crippen LogP contribution in [0.3, 0.4) is 0 Å². The van der Waals surface area contributed by atoms with Crippen LogP contribution in [0, 0.1) is 5.82 Å². The normalized spacial score (nSPS) is 11.1. The van der Waals surface area contributed by atoms with E-state index < -0.39 is 0 Å². The van der Waals surface area contributed by atoms with Crippen LogP contribution >= 0.6 is 15.9 Å². The van der Waals surface area contributed by atoms with E-state index in [1.807, 2.05) is 28.9 Å². The molecule has 0 amide bonds. The third-order valence-electron chi connectivity index (χ3n) is 2.92. The van der Waals surface area contributed by atoms with E-state index >= 15 is 0 Å². The maximum atomic E-state index is 13.4. The minimum Gasteiger partial charge on any atom is -0.399 e. The summed E-state index contributed by atoms with van der Waals surface area (Å²) in [6.07, 6.45) is 1.78. The molecule has 0 aliphatic rings. The zero-order valence-electron chi connectivity index (χ0n) is 9.98. The zero-order chi connectivity index (χ0) is 13.4. The summed E-state index contributed by atoms with van der Waals surface area (Å²) in [7, 11) is 0. The van der Waals surface area contributed by atoms with Crippen LogP contribution in [0.4, 0.5) is 10.1 Å². The number of anilines is 1. The molecule has 2 aromatic carbocycles. The van der Waals surface area contributed by atoms with Gasteiger partial charge in [-0.2, -0.15) is 5.10 Å². The van der Waals surface area contributed by atoms with E-state index in [-0.39, 0.29) is 5.82 Å². The van der Waals surface area contributed by atoms with Crippen LogP contribution in [0.25, 0.3) is 10.9 Å². The molecule has 3 nitrogen and oxygen atoms in total. The summed E-state index contributed by atoms with van der Waals surface area (Å²) in [4.78, 5) is 0. The Balaban J connectivity index is 2.03. The SMILES string of the molecule is Nc1ccc2cnn(Cc3cc(F)cc(Br)c3)c2c1. The van der Waals surface area contributed by atoms with Gasteiger partial charge in [0.2, 0.25) is 0 Å². The largest absolute Gasteiger partial charge is 0.399 e. The highest BCUT2D eigenvalue weighted by atomic mass is 79.9. The highest BCUT2D eigenvalue weighted by Crippen LogP contribution is 2.20. The van der Waals surface area contributed by atoms with Gasteiger partial charge in [-0.1, -0.05) is 15.9 Å². The van der Waals surface area contributed by atoms with Crippen LogP contribution in [-0.4, -0.2) is 9.78 Å². The Morgan fingerprint density at radius 2 is 2.05 bits per heavy atom. The minimum absolute atomic E-state index is 0.264. The molecular formula is C14H11BrFN3. The number of nitrogen functional groups attached to an aromatic ring is 1. The Morgan fingerprint density at radius 1 is 1.21 bits per heavy atom. The van der Waals surface area contributed by atoms with Crippen LogP contribution in [0.15, 0.2) is 47.1 Å². The van der Waals surface area contributed by atoms with E-state index in [0.717, 1.165) is 20.9 Å². The Labute approximate surface area is 118 Å². The number of nitrogens with two attached hydrogens (primary N) is 1. The van der Waals surface area contributed by atoms with Crippen molar-refractivity contribution in [3.8, 4) is 0 Å². The number of nitrogens with zero attached hydrogens (tertiary/aromatic N) is 2. The van der Waals surface area contributed by atoms with Gasteiger partial charge in [-0.3, -0.25) is 4.68 Å². The second-order valence-electron chi connectivity index (χ2n) is 4.40. The van der Waals surface area contributed by atoms with E-state index in [9.17, 15) is 4.39 Å². The topological polar surface area (TPSA) is 43.8 Å². The lowest BCUT2D eigenvalue weighted by atomic mass is 10.2. The molecule has 0 saturated carbocycles. The summed E-state index contributed by atoms with van der Waals surface area (Å²) < 4.78 is 15.9. The fourth-order valence-electron chi connectivity index (χ4n) is 2.09. The van der Waals surface area contributed by atoms with Crippen molar-refractivity contribution in [2.75, 3.05) is 5.73 Å². The monoisotopic (exact) mass is 319 g/mol. The number of hydrogen-bond donors (Lipinski definition) is 1. The first-order valence-corrected chi connectivity index (χ1v) is 6.57. The van der Waals surface area contributed by atoms with E-state index in [4.69, 9.17) is 5.73 Å². The third-order valence-corrected chi connectivity index (χ3v) is 3.38. The van der Waals surface area contributed by atoms with Gasteiger partial charge >= 0.3 is 0 Å². The zero-order valence-corrected chi connectivity index (χ0v) is 11.6. The van der Waals surface area contributed by atoms with E-state index in [1.165, 1.54) is 12.1 Å². The van der Waals surface area contributed by atoms with Gasteiger partial charge < -0.3 is 5.73 Å². The molecule has 0 aliphatic heterocycles. The predicted molar refractivity (Wildman–Crippen MR) is 77.3 cm³/mol. The molecule has 0 radical (unpaired) electrons. The Bertz CT molecular complexity index is 731. The van der Waals surface area contributed by atoms with Gasteiger partial charge in [0.25, 0.3) is 0 Å². The number of halogens is 2. The summed E-state index contributed by atoms with van der Waals surface area (Å²) in [6, 6.07) is 10.5. The third kappa shape index (κ3) is 2.46. The molecule has 0 saturated heterocycles. The second-order valence-corrected chi connectivity index (χ2v) is 5.31. The van der Waals surface area contributed by atoms with Gasteiger partial charge in [0, 0.05) is 15.5 Å². The summed E-state index contributed by atoms with van der Waals surface area (Å²) in [5.41, 5.74) is 8.27. The van der Waals surface area contributed by atoms with Crippen LogP contribution in [0.1, 0.15) is 5.56 Å². The number of hydrogen-bond acceptors (Lipinski definition) is 2. The Kier molecular flexibility index (Phi) is 2.98. The number of benzene rings is 2. The Hall–Kier alpha value is -1.88. The van der Waals surface area contributed by atoms with Crippen molar-refractivity contribution in [1.29, 1.82) is 0 Å². The van der Waals surface area contributed by atoms with Gasteiger partial charge in [0.1, 0.15) is 5.82 Å². The number of fused-ring (bicyclic) bond motifs is 1. The number of rotatable bonds is 2. The lowest BCUT2D eigenvalue weighted by molar-refractivity contribution is 0.620. The van der Waals surface area contributed by atoms with Crippen molar-refractivity contribution in [2.24, 2.45) is 0 Å². The standard InChI is InChI=1S/C14H11BrFN3/c15-11-3-9(4-12(16)5-11)8-19-14-6-13(17)2-1-10(14)7-18-19/h1-7H,8,17H2. The van der Waals surface area contributed by atoms with Crippen molar-refractivity contribution in [3.05, 3.63) is 58.4 Å². The van der Waals surface area contributed by atoms with E-state index in [0.29, 0.717) is 12.2 Å². The van der Waals surface area contributed by atoms with Crippen molar-refractivity contribution in [3.63, 3.8) is 0 Å². The lowest BCUT2D eigenvalue weighted by Gasteiger charge is -2.05. The molecule has 0 spiro atoms. The van der Waals surface area contributed by atoms with Crippen LogP contribution in [-0.2, 0) is 6.54 Å². The first-order chi connectivity index (χ1) is 9.11. The van der Waals surface area contributed by atoms with Gasteiger partial charge in [-0.25, -0.2) is 4.39 Å². The first-order valence-electron chi connectivity index (χ1n) is 5.78. The molecule has 0 fully saturated rings. The van der Waals surface area contributed by atoms with Crippen molar-refractivity contribution >= 4 is 32.5 Å². The smallest absolute Gasteiger partial charge is 0.124 e. The molecule has 0 atom stereocenters. The molecule has 2 N–H and O–H groups in total. The maximum Gasteiger partial charge on any atom is 0.124 e. The molecular weight excluding hydrogens is 309 g/mol. The quantitative estimate of drug-likeness (QED) is 0.734. The molecule has 0 aliphatic carbocycles. The van der Waals surface area contributed by atoms with Crippen molar-refractivity contribution in [1.82, 2.24) is 9.78 Å². The molecule has 3 aromatic rings. The highest BCUT2D eigenvalue weighted by Gasteiger charge is 2.05. The lowest BCUT2D eigenvalue weighted by Crippen LogP contribution is -2.02. The highest BCUT2D eigenvalue weighted by molar-refractivity contribution is 9.10. The number of aromatic nitrogens is 2. The van der Waals surface area contributed by atoms with Crippen LogP contribution in [0.2, 0.25) is 0 Å². The molecule has 3 rings (SSSR count). The van der Waals surface area contributed by atoms with E-state index in [2.05, 4.69) is 21.0 Å². The summed E-state index contributed by atoms with van der Waals surface area (Å²) in [5, 5.41) is 5.33. The van der Waals surface area contributed by atoms with Crippen molar-refractivity contribution in [2.45, 2.75) is 6.54 Å². The summed E-state index contributed by atoms with van der Waals surface area (Å²) in [6.45, 7) is 0.503. The average molecular weight is 320 g/mol. The molecule has 1 heterocycles. The molecule has 19 heavy (non-hydrogen) atoms. The minimum atomic E-state index is -0.264. The molecule has 0 unspecified atom stereocenters. The van der Waals surface area contributed by atoms with Crippen LogP contribution in [0.5, 0.6) is 0 Å². The molecule has 5 heteroatoms. The van der Waals surface area contributed by atoms with Gasteiger partial charge in [0.05, 0.1) is 18.3 Å². The molecule has 1 aromatic heterocycles. The van der Waals surface area contributed by atoms with Gasteiger partial charge in [-0.05, 0) is 42.0 Å². The van der Waals surface area contributed by atoms with Gasteiger partial charge in [0.15, 0.2) is 0 Å². The molecule has 0 bridgehead atoms. The molecule has 96 valence electrons. The average Bonchev–Trinajstić information content (AvgIpc) is 2.70. The maximum absolute atomic E-state index is 13.4. The Morgan fingerprint density at radius 3 is 2.84 bits per heavy atom. The summed E-state index contributed by atoms with van der Waals surface area (Å²) >= 11 is 3.29. The fourth-order valence-corrected chi connectivity index (χ4v) is 2.60. The summed E-state index contributed by atoms with van der Waals surface area (Å²) in [5.74, 6) is -0.264. The predicted octanol–water partition coefficient (Wildman–Crippen LogP) is 3.57. The van der Waals surface area contributed by atoms with Crippen molar-refractivity contribution < 1.29 is 4.39 Å². The fraction of sp³-hybridized carbons (Fsp3) is 0.0714. The first kappa shape index (κ1) is 12.2. The van der Waals surface area contributed by atoms with E-state index in [1.54, 1.807) is 6.20 Å². The second kappa shape index (κ2) is 4.66. The van der Waals surface area contributed by atoms with Gasteiger partial charge in [-0.15, -0.1) is 0 Å². The van der Waals surface area contributed by atoms with Crippen LogP contribution < -0.4 is 5.73 Å².